The van der Waals surface area contributed by atoms with Crippen molar-refractivity contribution in [3.63, 3.8) is 0 Å². The van der Waals surface area contributed by atoms with Gasteiger partial charge in [-0.3, -0.25) is 0 Å². The Bertz CT molecular complexity index is 440. The molecular formula is C42H88P+. The summed E-state index contributed by atoms with van der Waals surface area (Å²) in [7, 11) is -0.763. The van der Waals surface area contributed by atoms with Crippen LogP contribution in [-0.2, 0) is 0 Å². The average molecular weight is 624 g/mol. The lowest BCUT2D eigenvalue weighted by molar-refractivity contribution is 0.542. The van der Waals surface area contributed by atoms with Gasteiger partial charge in [-0.05, 0) is 51.4 Å². The quantitative estimate of drug-likeness (QED) is 0.0474. The van der Waals surface area contributed by atoms with Gasteiger partial charge in [-0.1, -0.05) is 195 Å². The first-order chi connectivity index (χ1) is 21.2. The largest absolute Gasteiger partial charge is 0.0654 e. The Morgan fingerprint density at radius 1 is 0.186 bits per heavy atom. The van der Waals surface area contributed by atoms with Crippen LogP contribution in [0.5, 0.6) is 0 Å². The van der Waals surface area contributed by atoms with Crippen molar-refractivity contribution in [3.05, 3.63) is 0 Å². The molecule has 0 aliphatic heterocycles. The molecule has 0 saturated carbocycles. The molecule has 0 aromatic rings. The van der Waals surface area contributed by atoms with Crippen molar-refractivity contribution >= 4 is 7.26 Å². The van der Waals surface area contributed by atoms with E-state index in [9.17, 15) is 0 Å². The van der Waals surface area contributed by atoms with Gasteiger partial charge in [0, 0.05) is 7.26 Å². The van der Waals surface area contributed by atoms with Crippen LogP contribution in [0.25, 0.3) is 0 Å². The predicted molar refractivity (Wildman–Crippen MR) is 206 cm³/mol. The molecule has 0 fully saturated rings. The standard InChI is InChI=1S/C42H88P/c1-5-9-13-17-21-22-23-24-25-26-30-34-38-42-43(39-35-31-27-18-14-10-6-2,40-36-32-28-19-15-11-7-3)41-37-33-29-20-16-12-8-4/h5-42H2,1-4H3/q+1. The first-order valence-corrected chi connectivity index (χ1v) is 23.6. The molecule has 0 aromatic heterocycles. The Balaban J connectivity index is 4.68. The maximum Gasteiger partial charge on any atom is 0.0594 e. The fourth-order valence-electron chi connectivity index (χ4n) is 7.35. The molecule has 43 heavy (non-hydrogen) atoms. The molecule has 0 bridgehead atoms. The van der Waals surface area contributed by atoms with Crippen LogP contribution in [0, 0.1) is 0 Å². The molecule has 0 unspecified atom stereocenters. The normalized spacial score (nSPS) is 12.0. The van der Waals surface area contributed by atoms with Crippen LogP contribution in [0.4, 0.5) is 0 Å². The summed E-state index contributed by atoms with van der Waals surface area (Å²) >= 11 is 0. The Morgan fingerprint density at radius 2 is 0.326 bits per heavy atom. The summed E-state index contributed by atoms with van der Waals surface area (Å²) in [5.74, 6) is 0. The van der Waals surface area contributed by atoms with E-state index in [0.717, 1.165) is 0 Å². The molecule has 1 heteroatoms. The molecule has 0 aliphatic rings. The van der Waals surface area contributed by atoms with Crippen LogP contribution < -0.4 is 0 Å². The molecule has 0 radical (unpaired) electrons. The number of rotatable bonds is 38. The van der Waals surface area contributed by atoms with E-state index in [-0.39, 0.29) is 0 Å². The number of hydrogen-bond donors (Lipinski definition) is 0. The Hall–Kier alpha value is 0.430. The van der Waals surface area contributed by atoms with Crippen LogP contribution in [0.1, 0.15) is 246 Å². The monoisotopic (exact) mass is 624 g/mol. The molecule has 0 nitrogen and oxygen atoms in total. The first-order valence-electron chi connectivity index (χ1n) is 21.1. The zero-order valence-electron chi connectivity index (χ0n) is 31.3. The highest BCUT2D eigenvalue weighted by atomic mass is 31.2. The van der Waals surface area contributed by atoms with Crippen molar-refractivity contribution in [2.24, 2.45) is 0 Å². The van der Waals surface area contributed by atoms with Gasteiger partial charge in [0.25, 0.3) is 0 Å². The third kappa shape index (κ3) is 32.2. The van der Waals surface area contributed by atoms with Crippen molar-refractivity contribution in [3.8, 4) is 0 Å². The third-order valence-corrected chi connectivity index (χ3v) is 15.5. The molecule has 0 amide bonds. The molecule has 0 N–H and O–H groups in total. The van der Waals surface area contributed by atoms with Gasteiger partial charge in [0.05, 0.1) is 24.6 Å². The van der Waals surface area contributed by atoms with Gasteiger partial charge in [-0.15, -0.1) is 0 Å². The van der Waals surface area contributed by atoms with Gasteiger partial charge >= 0.3 is 0 Å². The fraction of sp³-hybridized carbons (Fsp3) is 1.00. The molecule has 0 heterocycles. The summed E-state index contributed by atoms with van der Waals surface area (Å²) in [6.07, 6.45) is 57.2. The minimum Gasteiger partial charge on any atom is -0.0654 e. The molecule has 0 aliphatic carbocycles. The van der Waals surface area contributed by atoms with E-state index < -0.39 is 7.26 Å². The lowest BCUT2D eigenvalue weighted by atomic mass is 10.1. The van der Waals surface area contributed by atoms with Crippen molar-refractivity contribution in [1.29, 1.82) is 0 Å². The zero-order chi connectivity index (χ0) is 31.4. The van der Waals surface area contributed by atoms with E-state index in [1.54, 1.807) is 50.3 Å². The van der Waals surface area contributed by atoms with Gasteiger partial charge in [0.1, 0.15) is 0 Å². The van der Waals surface area contributed by atoms with E-state index in [1.807, 2.05) is 0 Å². The first kappa shape index (κ1) is 43.4. The molecule has 0 rings (SSSR count). The highest BCUT2D eigenvalue weighted by molar-refractivity contribution is 7.75. The number of unbranched alkanes of at least 4 members (excludes halogenated alkanes) is 30. The second kappa shape index (κ2) is 36.9. The van der Waals surface area contributed by atoms with E-state index in [4.69, 9.17) is 0 Å². The van der Waals surface area contributed by atoms with Crippen molar-refractivity contribution in [2.75, 3.05) is 24.6 Å². The summed E-state index contributed by atoms with van der Waals surface area (Å²) in [6, 6.07) is 0. The smallest absolute Gasteiger partial charge is 0.0594 e. The molecule has 260 valence electrons. The lowest BCUT2D eigenvalue weighted by Gasteiger charge is -2.28. The van der Waals surface area contributed by atoms with E-state index in [1.165, 1.54) is 193 Å². The van der Waals surface area contributed by atoms with Gasteiger partial charge < -0.3 is 0 Å². The van der Waals surface area contributed by atoms with Gasteiger partial charge in [-0.2, -0.15) is 0 Å². The van der Waals surface area contributed by atoms with E-state index in [2.05, 4.69) is 27.7 Å². The summed E-state index contributed by atoms with van der Waals surface area (Å²) in [5.41, 5.74) is 0. The van der Waals surface area contributed by atoms with Crippen LogP contribution in [0.15, 0.2) is 0 Å². The summed E-state index contributed by atoms with van der Waals surface area (Å²) in [4.78, 5) is 0. The summed E-state index contributed by atoms with van der Waals surface area (Å²) < 4.78 is 0. The van der Waals surface area contributed by atoms with E-state index in [0.29, 0.717) is 0 Å². The van der Waals surface area contributed by atoms with Gasteiger partial charge in [0.15, 0.2) is 0 Å². The van der Waals surface area contributed by atoms with Crippen LogP contribution in [0.3, 0.4) is 0 Å². The Labute approximate surface area is 277 Å². The highest BCUT2D eigenvalue weighted by Gasteiger charge is 2.35. The molecule has 0 aromatic carbocycles. The van der Waals surface area contributed by atoms with E-state index >= 15 is 0 Å². The van der Waals surface area contributed by atoms with Crippen molar-refractivity contribution in [1.82, 2.24) is 0 Å². The Morgan fingerprint density at radius 3 is 0.488 bits per heavy atom. The molecule has 0 atom stereocenters. The lowest BCUT2D eigenvalue weighted by Crippen LogP contribution is -2.13. The summed E-state index contributed by atoms with van der Waals surface area (Å²) in [5, 5.41) is 0. The van der Waals surface area contributed by atoms with Gasteiger partial charge in [0.2, 0.25) is 0 Å². The SMILES string of the molecule is CCCCCCCCCCCCCCC[P+](CCCCCCCCC)(CCCCCCCCC)CCCCCCCCC. The Kier molecular flexibility index (Phi) is 37.3. The van der Waals surface area contributed by atoms with Gasteiger partial charge in [-0.25, -0.2) is 0 Å². The van der Waals surface area contributed by atoms with Crippen LogP contribution in [-0.4, -0.2) is 24.6 Å². The maximum atomic E-state index is 2.35. The summed E-state index contributed by atoms with van der Waals surface area (Å²) in [6.45, 7) is 9.37. The maximum absolute atomic E-state index is 2.35. The van der Waals surface area contributed by atoms with Crippen LogP contribution in [0.2, 0.25) is 0 Å². The fourth-order valence-corrected chi connectivity index (χ4v) is 12.3. The molecule has 0 spiro atoms. The minimum absolute atomic E-state index is 0.763. The second-order valence-electron chi connectivity index (χ2n) is 14.8. The zero-order valence-corrected chi connectivity index (χ0v) is 32.2. The topological polar surface area (TPSA) is 0 Å². The minimum atomic E-state index is -0.763. The molecular weight excluding hydrogens is 535 g/mol. The predicted octanol–water partition coefficient (Wildman–Crippen LogP) is 16.3. The highest BCUT2D eigenvalue weighted by Crippen LogP contribution is 2.61. The molecule has 0 saturated heterocycles. The third-order valence-electron chi connectivity index (χ3n) is 10.4. The average Bonchev–Trinajstić information content (AvgIpc) is 3.02. The van der Waals surface area contributed by atoms with Crippen LogP contribution >= 0.6 is 7.26 Å². The van der Waals surface area contributed by atoms with Crippen molar-refractivity contribution in [2.45, 2.75) is 246 Å². The van der Waals surface area contributed by atoms with Crippen molar-refractivity contribution < 1.29 is 0 Å². The second-order valence-corrected chi connectivity index (χ2v) is 19.3. The number of hydrogen-bond acceptors (Lipinski definition) is 0.